The second-order valence-corrected chi connectivity index (χ2v) is 9.64. The van der Waals surface area contributed by atoms with Gasteiger partial charge in [-0.3, -0.25) is 13.3 Å². The molecule has 0 saturated carbocycles. The van der Waals surface area contributed by atoms with E-state index in [1.54, 1.807) is 0 Å². The number of nitrogen functional groups attached to an aromatic ring is 2. The molecule has 0 aliphatic rings. The second kappa shape index (κ2) is 8.93. The largest absolute Gasteiger partial charge is 0.398 e. The predicted octanol–water partition coefficient (Wildman–Crippen LogP) is 1.44. The van der Waals surface area contributed by atoms with Crippen LogP contribution >= 0.6 is 0 Å². The third-order valence-corrected chi connectivity index (χ3v) is 6.41. The summed E-state index contributed by atoms with van der Waals surface area (Å²) in [6.07, 6.45) is 0. The molecule has 1 atom stereocenters. The molecule has 12 nitrogen and oxygen atoms in total. The Balaban J connectivity index is 2.22. The van der Waals surface area contributed by atoms with Gasteiger partial charge in [0.25, 0.3) is 10.1 Å². The zero-order chi connectivity index (χ0) is 21.8. The molecule has 0 bridgehead atoms. The number of rotatable bonds is 8. The summed E-state index contributed by atoms with van der Waals surface area (Å²) in [5, 5.41) is 7.62. The lowest BCUT2D eigenvalue weighted by Crippen LogP contribution is -2.13. The number of anilines is 2. The minimum absolute atomic E-state index is 0.0131. The molecule has 0 heterocycles. The van der Waals surface area contributed by atoms with E-state index in [0.717, 1.165) is 12.1 Å². The van der Waals surface area contributed by atoms with Crippen LogP contribution in [0.3, 0.4) is 0 Å². The zero-order valence-corrected chi connectivity index (χ0v) is 16.9. The van der Waals surface area contributed by atoms with Crippen molar-refractivity contribution in [1.29, 1.82) is 0 Å². The van der Waals surface area contributed by atoms with Crippen molar-refractivity contribution in [2.45, 2.75) is 9.79 Å². The van der Waals surface area contributed by atoms with Crippen molar-refractivity contribution in [2.24, 2.45) is 10.2 Å². The Hall–Kier alpha value is -2.43. The van der Waals surface area contributed by atoms with E-state index < -0.39 is 48.6 Å². The fourth-order valence-electron chi connectivity index (χ4n) is 2.08. The van der Waals surface area contributed by atoms with Gasteiger partial charge >= 0.3 is 11.4 Å². The quantitative estimate of drug-likeness (QED) is 0.191. The second-order valence-electron chi connectivity index (χ2n) is 5.48. The highest BCUT2D eigenvalue weighted by Crippen LogP contribution is 2.32. The van der Waals surface area contributed by atoms with Crippen molar-refractivity contribution in [3.8, 4) is 0 Å². The van der Waals surface area contributed by atoms with E-state index in [0.29, 0.717) is 0 Å². The topological polar surface area (TPSA) is 212 Å². The van der Waals surface area contributed by atoms with Crippen LogP contribution < -0.4 is 11.5 Å². The minimum Gasteiger partial charge on any atom is -0.398 e. The van der Waals surface area contributed by atoms with Gasteiger partial charge in [-0.2, -0.15) is 17.7 Å². The summed E-state index contributed by atoms with van der Waals surface area (Å²) in [5.41, 5.74) is 11.1. The first-order valence-corrected chi connectivity index (χ1v) is 11.7. The van der Waals surface area contributed by atoms with Gasteiger partial charge in [-0.15, -0.1) is 5.11 Å². The van der Waals surface area contributed by atoms with Gasteiger partial charge in [0, 0.05) is 0 Å². The average molecular weight is 465 g/mol. The summed E-state index contributed by atoms with van der Waals surface area (Å²) in [6.45, 7) is -0.459. The maximum absolute atomic E-state index is 12.1. The van der Waals surface area contributed by atoms with Gasteiger partial charge in [-0.05, 0) is 36.4 Å². The van der Waals surface area contributed by atoms with Crippen molar-refractivity contribution in [1.82, 2.24) is 0 Å². The monoisotopic (exact) mass is 464 g/mol. The summed E-state index contributed by atoms with van der Waals surface area (Å²) < 4.78 is 79.1. The summed E-state index contributed by atoms with van der Waals surface area (Å²) >= 11 is -2.56. The van der Waals surface area contributed by atoms with E-state index in [1.807, 2.05) is 0 Å². The lowest BCUT2D eigenvalue weighted by atomic mass is 10.2. The highest BCUT2D eigenvalue weighted by atomic mass is 32.2. The fourth-order valence-corrected chi connectivity index (χ4v) is 4.12. The summed E-state index contributed by atoms with van der Waals surface area (Å²) in [5.74, 6) is -0.499. The van der Waals surface area contributed by atoms with Crippen LogP contribution in [0.15, 0.2) is 56.4 Å². The molecule has 0 aliphatic heterocycles. The molecule has 0 fully saturated rings. The SMILES string of the molecule is Nc1cc(N)c(S(=O)(=O)O)cc1N=Nc1ccc(S(=O)(=O)CCOS(=O)O)cc1. The van der Waals surface area contributed by atoms with E-state index in [1.165, 1.54) is 24.3 Å². The van der Waals surface area contributed by atoms with Crippen LogP contribution in [0.25, 0.3) is 0 Å². The fraction of sp³-hybridized carbons (Fsp3) is 0.143. The molecule has 0 spiro atoms. The molecule has 2 aromatic carbocycles. The maximum atomic E-state index is 12.1. The van der Waals surface area contributed by atoms with E-state index >= 15 is 0 Å². The Labute approximate surface area is 168 Å². The maximum Gasteiger partial charge on any atom is 0.301 e. The molecular formula is C14H16N4O8S3. The molecule has 0 saturated heterocycles. The van der Waals surface area contributed by atoms with Gasteiger partial charge in [0.2, 0.25) is 0 Å². The summed E-state index contributed by atoms with van der Waals surface area (Å²) in [6, 6.07) is 7.21. The molecule has 0 radical (unpaired) electrons. The van der Waals surface area contributed by atoms with E-state index in [9.17, 15) is 21.0 Å². The van der Waals surface area contributed by atoms with Crippen molar-refractivity contribution < 1.29 is 34.3 Å². The standard InChI is InChI=1S/C14H16N4O8S3/c15-11-7-12(16)14(29(23,24)25)8-13(11)18-17-9-1-3-10(4-2-9)28(21,22)6-5-26-27(19)20/h1-4,7-8H,5-6,15-16H2,(H,19,20)(H,23,24,25). The summed E-state index contributed by atoms with van der Waals surface area (Å²) in [7, 11) is -8.33. The van der Waals surface area contributed by atoms with Crippen LogP contribution in [0.4, 0.5) is 22.7 Å². The van der Waals surface area contributed by atoms with E-state index in [2.05, 4.69) is 14.4 Å². The molecule has 29 heavy (non-hydrogen) atoms. The minimum atomic E-state index is -4.58. The summed E-state index contributed by atoms with van der Waals surface area (Å²) in [4.78, 5) is -0.641. The number of nitrogens with zero attached hydrogens (tertiary/aromatic N) is 2. The predicted molar refractivity (Wildman–Crippen MR) is 104 cm³/mol. The lowest BCUT2D eigenvalue weighted by molar-refractivity contribution is 0.326. The van der Waals surface area contributed by atoms with Crippen LogP contribution in [0.1, 0.15) is 0 Å². The molecule has 0 amide bonds. The Kier molecular flexibility index (Phi) is 7.04. The molecule has 1 unspecified atom stereocenters. The average Bonchev–Trinajstić information content (AvgIpc) is 2.59. The van der Waals surface area contributed by atoms with E-state index in [4.69, 9.17) is 20.6 Å². The highest BCUT2D eigenvalue weighted by Gasteiger charge is 2.17. The number of sulfone groups is 1. The van der Waals surface area contributed by atoms with Gasteiger partial charge in [0.15, 0.2) is 9.84 Å². The van der Waals surface area contributed by atoms with Crippen molar-refractivity contribution in [3.63, 3.8) is 0 Å². The molecule has 6 N–H and O–H groups in total. The molecule has 0 aliphatic carbocycles. The van der Waals surface area contributed by atoms with Gasteiger partial charge in [-0.25, -0.2) is 8.42 Å². The van der Waals surface area contributed by atoms with Gasteiger partial charge in [-0.1, -0.05) is 0 Å². The van der Waals surface area contributed by atoms with Crippen LogP contribution in [0, 0.1) is 0 Å². The van der Waals surface area contributed by atoms with Crippen LogP contribution in [-0.2, 0) is 35.5 Å². The van der Waals surface area contributed by atoms with Crippen molar-refractivity contribution >= 4 is 54.1 Å². The first kappa shape index (κ1) is 22.9. The van der Waals surface area contributed by atoms with Crippen LogP contribution in [0.5, 0.6) is 0 Å². The van der Waals surface area contributed by atoms with Crippen LogP contribution in [-0.4, -0.2) is 42.5 Å². The van der Waals surface area contributed by atoms with E-state index in [-0.39, 0.29) is 27.6 Å². The van der Waals surface area contributed by atoms with Gasteiger partial charge < -0.3 is 11.5 Å². The van der Waals surface area contributed by atoms with Crippen LogP contribution in [0.2, 0.25) is 0 Å². The number of benzene rings is 2. The normalized spacial score (nSPS) is 13.6. The number of nitrogens with two attached hydrogens (primary N) is 2. The Morgan fingerprint density at radius 3 is 2.17 bits per heavy atom. The lowest BCUT2D eigenvalue weighted by Gasteiger charge is -2.06. The Bertz CT molecular complexity index is 1160. The van der Waals surface area contributed by atoms with Crippen molar-refractivity contribution in [3.05, 3.63) is 36.4 Å². The van der Waals surface area contributed by atoms with Crippen molar-refractivity contribution in [2.75, 3.05) is 23.8 Å². The third kappa shape index (κ3) is 6.28. The third-order valence-electron chi connectivity index (χ3n) is 3.44. The van der Waals surface area contributed by atoms with Gasteiger partial charge in [0.1, 0.15) is 10.6 Å². The molecule has 0 aromatic heterocycles. The first-order valence-electron chi connectivity index (χ1n) is 7.55. The molecular weight excluding hydrogens is 448 g/mol. The molecule has 15 heteroatoms. The highest BCUT2D eigenvalue weighted by molar-refractivity contribution is 7.91. The number of hydrogen-bond donors (Lipinski definition) is 4. The first-order chi connectivity index (χ1) is 13.4. The molecule has 158 valence electrons. The smallest absolute Gasteiger partial charge is 0.301 e. The zero-order valence-electron chi connectivity index (χ0n) is 14.5. The van der Waals surface area contributed by atoms with Gasteiger partial charge in [0.05, 0.1) is 34.3 Å². The Morgan fingerprint density at radius 1 is 1.00 bits per heavy atom. The number of azo groups is 1. The molecule has 2 aromatic rings. The molecule has 2 rings (SSSR count). The number of hydrogen-bond acceptors (Lipinski definition) is 10. The Morgan fingerprint density at radius 2 is 1.62 bits per heavy atom.